The highest BCUT2D eigenvalue weighted by Crippen LogP contribution is 3.02. The summed E-state index contributed by atoms with van der Waals surface area (Å²) in [4.78, 5) is 13.9. The van der Waals surface area contributed by atoms with E-state index in [0.717, 1.165) is 18.2 Å². The van der Waals surface area contributed by atoms with Crippen LogP contribution in [0.5, 0.6) is 0 Å². The molecule has 34 heavy (non-hydrogen) atoms. The Kier molecular flexibility index (Phi) is 6.17. The van der Waals surface area contributed by atoms with Crippen LogP contribution in [0, 0.1) is 6.92 Å². The van der Waals surface area contributed by atoms with Gasteiger partial charge in [0.15, 0.2) is 0 Å². The fourth-order valence-electron chi connectivity index (χ4n) is 3.89. The van der Waals surface area contributed by atoms with Gasteiger partial charge in [0.25, 0.3) is 0 Å². The summed E-state index contributed by atoms with van der Waals surface area (Å²) in [5.41, 5.74) is 0.278. The molecule has 190 valence electrons. The molecule has 0 saturated carbocycles. The Bertz CT molecular complexity index is 1080. The second-order valence-corrected chi connectivity index (χ2v) is 10.9. The molecule has 0 N–H and O–H groups in total. The molecule has 1 atom stereocenters. The van der Waals surface area contributed by atoms with Gasteiger partial charge in [-0.15, -0.1) is 0 Å². The van der Waals surface area contributed by atoms with Gasteiger partial charge >= 0.3 is 16.4 Å². The number of halogens is 8. The van der Waals surface area contributed by atoms with Crippen LogP contribution < -0.4 is 4.90 Å². The summed E-state index contributed by atoms with van der Waals surface area (Å²) in [6.45, 7) is 4.16. The Hall–Kier alpha value is -2.50. The third-order valence-corrected chi connectivity index (χ3v) is 7.01. The van der Waals surface area contributed by atoms with Crippen molar-refractivity contribution in [1.29, 1.82) is 0 Å². The Labute approximate surface area is 192 Å². The molecule has 12 heteroatoms. The number of amides is 1. The molecule has 0 radical (unpaired) electrons. The number of benzene rings is 2. The summed E-state index contributed by atoms with van der Waals surface area (Å²) < 4.78 is 105. The van der Waals surface area contributed by atoms with Gasteiger partial charge in [-0.1, -0.05) is 44.6 Å². The van der Waals surface area contributed by atoms with E-state index < -0.39 is 32.8 Å². The lowest BCUT2D eigenvalue weighted by atomic mass is 9.97. The first-order chi connectivity index (χ1) is 15.3. The zero-order chi connectivity index (χ0) is 25.6. The maximum Gasteiger partial charge on any atom is 0.416 e. The second kappa shape index (κ2) is 8.03. The molecule has 0 spiro atoms. The monoisotopic (exact) mass is 516 g/mol. The van der Waals surface area contributed by atoms with Crippen LogP contribution in [0.15, 0.2) is 47.4 Å². The molecule has 1 fully saturated rings. The molecule has 1 amide bonds. The lowest BCUT2D eigenvalue weighted by molar-refractivity contribution is -0.137. The Morgan fingerprint density at radius 1 is 0.971 bits per heavy atom. The maximum absolute atomic E-state index is 13.1. The number of carbonyl (C=O) groups is 1. The van der Waals surface area contributed by atoms with Crippen molar-refractivity contribution in [1.82, 2.24) is 4.90 Å². The van der Waals surface area contributed by atoms with Crippen molar-refractivity contribution in [2.45, 2.75) is 37.3 Å². The van der Waals surface area contributed by atoms with Gasteiger partial charge in [0.2, 0.25) is 5.91 Å². The minimum atomic E-state index is -9.83. The van der Waals surface area contributed by atoms with Crippen LogP contribution in [0.4, 0.5) is 38.3 Å². The van der Waals surface area contributed by atoms with Crippen LogP contribution in [0.2, 0.25) is 0 Å². The molecule has 1 unspecified atom stereocenters. The highest BCUT2D eigenvalue weighted by Gasteiger charge is 2.65. The molecule has 3 nitrogen and oxygen atoms in total. The molecule has 1 saturated heterocycles. The smallest absolute Gasteiger partial charge is 0.368 e. The molecule has 1 aliphatic heterocycles. The number of anilines is 1. The van der Waals surface area contributed by atoms with Gasteiger partial charge < -0.3 is 9.80 Å². The standard InChI is InChI=1S/C22H24F8N2OS/c1-15-6-7-18(22(23,24)25)14-20(15)31-8-10-32(11-9-31)21(33)12-16(2)17-4-3-5-19(13-17)34(26,27,28,29)30/h3-7,13-14,16H,8-12H2,1-2H3. The number of piperazine rings is 1. The number of hydrogen-bond donors (Lipinski definition) is 0. The first kappa shape index (κ1) is 26.1. The van der Waals surface area contributed by atoms with E-state index in [1.807, 2.05) is 0 Å². The number of alkyl halides is 3. The van der Waals surface area contributed by atoms with Crippen LogP contribution in [-0.2, 0) is 11.0 Å². The van der Waals surface area contributed by atoms with Crippen molar-refractivity contribution in [3.05, 3.63) is 59.2 Å². The fourth-order valence-corrected chi connectivity index (χ4v) is 4.59. The van der Waals surface area contributed by atoms with Gasteiger partial charge in [0.1, 0.15) is 4.90 Å². The minimum Gasteiger partial charge on any atom is -0.368 e. The Morgan fingerprint density at radius 2 is 1.59 bits per heavy atom. The lowest BCUT2D eigenvalue weighted by Gasteiger charge is -2.40. The third-order valence-electron chi connectivity index (χ3n) is 5.86. The topological polar surface area (TPSA) is 23.6 Å². The maximum atomic E-state index is 13.1. The van der Waals surface area contributed by atoms with E-state index in [1.165, 1.54) is 24.0 Å². The molecular weight excluding hydrogens is 492 g/mol. The van der Waals surface area contributed by atoms with Gasteiger partial charge in [-0.3, -0.25) is 4.79 Å². The zero-order valence-electron chi connectivity index (χ0n) is 18.4. The molecule has 3 rings (SSSR count). The zero-order valence-corrected chi connectivity index (χ0v) is 19.2. The predicted molar refractivity (Wildman–Crippen MR) is 116 cm³/mol. The summed E-state index contributed by atoms with van der Waals surface area (Å²) in [6, 6.07) is 6.31. The molecule has 1 heterocycles. The second-order valence-electron chi connectivity index (χ2n) is 8.51. The molecule has 0 bridgehead atoms. The van der Waals surface area contributed by atoms with Crippen LogP contribution in [-0.4, -0.2) is 37.0 Å². The van der Waals surface area contributed by atoms with Gasteiger partial charge in [-0.05, 0) is 48.2 Å². The molecule has 1 aliphatic rings. The van der Waals surface area contributed by atoms with Crippen LogP contribution in [0.25, 0.3) is 0 Å². The summed E-state index contributed by atoms with van der Waals surface area (Å²) in [5.74, 6) is -1.11. The molecule has 2 aromatic rings. The van der Waals surface area contributed by atoms with Gasteiger partial charge in [-0.25, -0.2) is 0 Å². The van der Waals surface area contributed by atoms with Crippen molar-refractivity contribution in [2.75, 3.05) is 31.1 Å². The lowest BCUT2D eigenvalue weighted by Crippen LogP contribution is -2.49. The van der Waals surface area contributed by atoms with Crippen LogP contribution >= 0.6 is 10.2 Å². The van der Waals surface area contributed by atoms with Crippen molar-refractivity contribution in [2.24, 2.45) is 0 Å². The van der Waals surface area contributed by atoms with Crippen LogP contribution in [0.3, 0.4) is 0 Å². The number of hydrogen-bond acceptors (Lipinski definition) is 2. The van der Waals surface area contributed by atoms with Gasteiger partial charge in [-0.2, -0.15) is 13.2 Å². The molecule has 0 aliphatic carbocycles. The van der Waals surface area contributed by atoms with E-state index in [0.29, 0.717) is 23.4 Å². The summed E-state index contributed by atoms with van der Waals surface area (Å²) in [7, 11) is -9.83. The highest BCUT2D eigenvalue weighted by molar-refractivity contribution is 8.45. The van der Waals surface area contributed by atoms with Crippen LogP contribution in [0.1, 0.15) is 36.0 Å². The van der Waals surface area contributed by atoms with E-state index in [-0.39, 0.29) is 44.1 Å². The first-order valence-corrected chi connectivity index (χ1v) is 12.3. The van der Waals surface area contributed by atoms with Crippen molar-refractivity contribution < 1.29 is 37.4 Å². The number of nitrogens with zero attached hydrogens (tertiary/aromatic N) is 2. The summed E-state index contributed by atoms with van der Waals surface area (Å²) in [5, 5.41) is 0. The molecule has 2 aromatic carbocycles. The average molecular weight is 516 g/mol. The van der Waals surface area contributed by atoms with E-state index in [1.54, 1.807) is 11.8 Å². The molecular formula is C22H24F8N2OS. The van der Waals surface area contributed by atoms with Crippen molar-refractivity contribution >= 4 is 21.8 Å². The molecule has 0 aromatic heterocycles. The minimum absolute atomic E-state index is 0.0303. The predicted octanol–water partition coefficient (Wildman–Crippen LogP) is 7.51. The number of carbonyl (C=O) groups excluding carboxylic acids is 1. The fraction of sp³-hybridized carbons (Fsp3) is 0.409. The summed E-state index contributed by atoms with van der Waals surface area (Å²) >= 11 is 0. The van der Waals surface area contributed by atoms with Crippen molar-refractivity contribution in [3.8, 4) is 0 Å². The summed E-state index contributed by atoms with van der Waals surface area (Å²) in [6.07, 6.45) is -4.67. The van der Waals surface area contributed by atoms with E-state index >= 15 is 0 Å². The number of rotatable bonds is 5. The normalized spacial score (nSPS) is 18.3. The highest BCUT2D eigenvalue weighted by atomic mass is 32.5. The SMILES string of the molecule is Cc1ccc(C(F)(F)F)cc1N1CCN(C(=O)CC(C)c2cccc(S(F)(F)(F)(F)F)c2)CC1. The van der Waals surface area contributed by atoms with E-state index in [4.69, 9.17) is 0 Å². The quantitative estimate of drug-likeness (QED) is 0.384. The van der Waals surface area contributed by atoms with Gasteiger partial charge in [0, 0.05) is 38.3 Å². The first-order valence-electron chi connectivity index (χ1n) is 10.4. The third kappa shape index (κ3) is 6.13. The Balaban J connectivity index is 1.65. The van der Waals surface area contributed by atoms with E-state index in [2.05, 4.69) is 0 Å². The largest absolute Gasteiger partial charge is 0.416 e. The Morgan fingerprint density at radius 3 is 2.15 bits per heavy atom. The number of aryl methyl sites for hydroxylation is 1. The average Bonchev–Trinajstić information content (AvgIpc) is 2.72. The van der Waals surface area contributed by atoms with Crippen molar-refractivity contribution in [3.63, 3.8) is 0 Å². The van der Waals surface area contributed by atoms with E-state index in [9.17, 15) is 37.4 Å². The van der Waals surface area contributed by atoms with Gasteiger partial charge in [0.05, 0.1) is 5.56 Å².